The number of carbonyl (C=O) groups is 1. The first-order valence-corrected chi connectivity index (χ1v) is 10.1. The molecule has 6 heteroatoms. The van der Waals surface area contributed by atoms with Gasteiger partial charge in [0, 0.05) is 5.69 Å². The zero-order valence-electron chi connectivity index (χ0n) is 18.0. The Morgan fingerprint density at radius 3 is 1.81 bits per heavy atom. The Balaban J connectivity index is 1.61. The number of carbonyl (C=O) groups excluding carboxylic acids is 1. The third kappa shape index (κ3) is 6.07. The van der Waals surface area contributed by atoms with Crippen LogP contribution in [0.1, 0.15) is 20.8 Å². The average molecular weight is 421 g/mol. The summed E-state index contributed by atoms with van der Waals surface area (Å²) in [6.07, 6.45) is 0.147. The summed E-state index contributed by atoms with van der Waals surface area (Å²) in [6, 6.07) is 22.8. The molecule has 0 spiro atoms. The fourth-order valence-electron chi connectivity index (χ4n) is 2.80. The molecular weight excluding hydrogens is 392 g/mol. The maximum Gasteiger partial charge on any atom is 0.246 e. The van der Waals surface area contributed by atoms with Crippen LogP contribution in [0.5, 0.6) is 17.2 Å². The topological polar surface area (TPSA) is 93.8 Å². The van der Waals surface area contributed by atoms with Crippen molar-refractivity contribution in [2.75, 3.05) is 11.9 Å². The van der Waals surface area contributed by atoms with Crippen LogP contribution in [0.2, 0.25) is 0 Å². The molecule has 4 N–H and O–H groups in total. The van der Waals surface area contributed by atoms with Crippen LogP contribution in [0.3, 0.4) is 0 Å². The van der Waals surface area contributed by atoms with Crippen LogP contribution < -0.4 is 20.5 Å². The van der Waals surface area contributed by atoms with E-state index in [0.29, 0.717) is 17.2 Å². The fraction of sp³-hybridized carbons (Fsp3) is 0.240. The molecule has 0 saturated heterocycles. The van der Waals surface area contributed by atoms with Crippen molar-refractivity contribution < 1.29 is 19.4 Å². The van der Waals surface area contributed by atoms with E-state index in [0.717, 1.165) is 16.9 Å². The van der Waals surface area contributed by atoms with Crippen molar-refractivity contribution >= 4 is 11.6 Å². The van der Waals surface area contributed by atoms with Gasteiger partial charge in [-0.05, 0) is 80.4 Å². The van der Waals surface area contributed by atoms with E-state index in [4.69, 9.17) is 15.2 Å². The molecule has 0 radical (unpaired) electrons. The standard InChI is InChI=1S/C25H28N2O4/c1-17(2)30-21-10-4-18(5-11-21)19-6-12-22(13-7-19)31-23-14-8-20(9-15-23)27-24(29)25(3,26)16-28/h4-15,17,28H,16,26H2,1-3H3,(H,27,29)/t25-/m0/s1. The van der Waals surface area contributed by atoms with Crippen molar-refractivity contribution in [3.63, 3.8) is 0 Å². The van der Waals surface area contributed by atoms with Crippen LogP contribution in [0, 0.1) is 0 Å². The van der Waals surface area contributed by atoms with Gasteiger partial charge in [0.25, 0.3) is 0 Å². The number of hydrogen-bond acceptors (Lipinski definition) is 5. The molecule has 0 aromatic heterocycles. The van der Waals surface area contributed by atoms with Gasteiger partial charge in [0.15, 0.2) is 0 Å². The molecule has 0 heterocycles. The molecule has 0 aliphatic carbocycles. The number of benzene rings is 3. The summed E-state index contributed by atoms with van der Waals surface area (Å²) >= 11 is 0. The first-order valence-electron chi connectivity index (χ1n) is 10.1. The zero-order chi connectivity index (χ0) is 22.4. The second-order valence-electron chi connectivity index (χ2n) is 7.87. The number of nitrogens with one attached hydrogen (secondary N) is 1. The van der Waals surface area contributed by atoms with E-state index in [-0.39, 0.29) is 6.10 Å². The molecule has 3 aromatic rings. The molecule has 0 aliphatic rings. The van der Waals surface area contributed by atoms with Crippen molar-refractivity contribution in [1.82, 2.24) is 0 Å². The Morgan fingerprint density at radius 1 is 0.903 bits per heavy atom. The largest absolute Gasteiger partial charge is 0.491 e. The lowest BCUT2D eigenvalue weighted by molar-refractivity contribution is -0.121. The minimum atomic E-state index is -1.33. The lowest BCUT2D eigenvalue weighted by atomic mass is 10.0. The van der Waals surface area contributed by atoms with Gasteiger partial charge in [-0.2, -0.15) is 0 Å². The van der Waals surface area contributed by atoms with E-state index in [1.54, 1.807) is 24.3 Å². The number of nitrogens with two attached hydrogens (primary N) is 1. The van der Waals surface area contributed by atoms with E-state index in [1.165, 1.54) is 6.92 Å². The first kappa shape index (κ1) is 22.3. The molecule has 0 saturated carbocycles. The Hall–Kier alpha value is -3.35. The zero-order valence-corrected chi connectivity index (χ0v) is 18.0. The highest BCUT2D eigenvalue weighted by Crippen LogP contribution is 2.28. The van der Waals surface area contributed by atoms with Gasteiger partial charge in [-0.15, -0.1) is 0 Å². The third-order valence-corrected chi connectivity index (χ3v) is 4.61. The molecule has 0 unspecified atom stereocenters. The highest BCUT2D eigenvalue weighted by Gasteiger charge is 2.27. The molecule has 162 valence electrons. The minimum absolute atomic E-state index is 0.147. The highest BCUT2D eigenvalue weighted by atomic mass is 16.5. The van der Waals surface area contributed by atoms with Gasteiger partial charge >= 0.3 is 0 Å². The maximum atomic E-state index is 12.0. The highest BCUT2D eigenvalue weighted by molar-refractivity contribution is 5.97. The fourth-order valence-corrected chi connectivity index (χ4v) is 2.80. The number of hydrogen-bond donors (Lipinski definition) is 3. The summed E-state index contributed by atoms with van der Waals surface area (Å²) in [7, 11) is 0. The van der Waals surface area contributed by atoms with Crippen LogP contribution in [-0.4, -0.2) is 29.3 Å². The maximum absolute atomic E-state index is 12.0. The van der Waals surface area contributed by atoms with Crippen molar-refractivity contribution in [2.24, 2.45) is 5.73 Å². The van der Waals surface area contributed by atoms with Crippen LogP contribution in [0.15, 0.2) is 72.8 Å². The van der Waals surface area contributed by atoms with Gasteiger partial charge in [0.05, 0.1) is 12.7 Å². The summed E-state index contributed by atoms with van der Waals surface area (Å²) in [5.41, 5.74) is 7.14. The van der Waals surface area contributed by atoms with Crippen molar-refractivity contribution in [2.45, 2.75) is 32.4 Å². The molecule has 1 atom stereocenters. The molecular formula is C25H28N2O4. The van der Waals surface area contributed by atoms with E-state index < -0.39 is 18.1 Å². The average Bonchev–Trinajstić information content (AvgIpc) is 2.76. The van der Waals surface area contributed by atoms with Crippen LogP contribution in [-0.2, 0) is 4.79 Å². The SMILES string of the molecule is CC(C)Oc1ccc(-c2ccc(Oc3ccc(NC(=O)[C@@](C)(N)CO)cc3)cc2)cc1. The minimum Gasteiger partial charge on any atom is -0.491 e. The Labute approximate surface area is 182 Å². The second kappa shape index (κ2) is 9.64. The predicted octanol–water partition coefficient (Wildman–Crippen LogP) is 4.58. The van der Waals surface area contributed by atoms with Crippen molar-refractivity contribution in [3.05, 3.63) is 72.8 Å². The number of rotatable bonds is 8. The first-order chi connectivity index (χ1) is 14.8. The Morgan fingerprint density at radius 2 is 1.35 bits per heavy atom. The van der Waals surface area contributed by atoms with Gasteiger partial charge < -0.3 is 25.6 Å². The van der Waals surface area contributed by atoms with E-state index in [9.17, 15) is 9.90 Å². The lowest BCUT2D eigenvalue weighted by Crippen LogP contribution is -2.51. The lowest BCUT2D eigenvalue weighted by Gasteiger charge is -2.20. The Kier molecular flexibility index (Phi) is 6.95. The molecule has 3 aromatic carbocycles. The summed E-state index contributed by atoms with van der Waals surface area (Å²) in [5.74, 6) is 1.74. The van der Waals surface area contributed by atoms with Gasteiger partial charge in [-0.25, -0.2) is 0 Å². The monoisotopic (exact) mass is 420 g/mol. The van der Waals surface area contributed by atoms with E-state index >= 15 is 0 Å². The van der Waals surface area contributed by atoms with E-state index in [2.05, 4.69) is 5.32 Å². The molecule has 0 aliphatic heterocycles. The number of anilines is 1. The normalized spacial score (nSPS) is 12.8. The summed E-state index contributed by atoms with van der Waals surface area (Å²) in [5, 5.41) is 11.9. The second-order valence-corrected chi connectivity index (χ2v) is 7.87. The Bertz CT molecular complexity index is 995. The van der Waals surface area contributed by atoms with Crippen molar-refractivity contribution in [1.29, 1.82) is 0 Å². The molecule has 1 amide bonds. The third-order valence-electron chi connectivity index (χ3n) is 4.61. The van der Waals surface area contributed by atoms with E-state index in [1.807, 2.05) is 62.4 Å². The number of amides is 1. The molecule has 31 heavy (non-hydrogen) atoms. The van der Waals surface area contributed by atoms with Gasteiger partial charge in [-0.1, -0.05) is 24.3 Å². The quantitative estimate of drug-likeness (QED) is 0.496. The smallest absolute Gasteiger partial charge is 0.246 e. The van der Waals surface area contributed by atoms with Gasteiger partial charge in [0.2, 0.25) is 5.91 Å². The van der Waals surface area contributed by atoms with Crippen LogP contribution in [0.25, 0.3) is 11.1 Å². The summed E-state index contributed by atoms with van der Waals surface area (Å²) < 4.78 is 11.6. The van der Waals surface area contributed by atoms with Crippen LogP contribution >= 0.6 is 0 Å². The molecule has 6 nitrogen and oxygen atoms in total. The number of ether oxygens (including phenoxy) is 2. The predicted molar refractivity (Wildman–Crippen MR) is 122 cm³/mol. The molecule has 0 fully saturated rings. The number of aliphatic hydroxyl groups excluding tert-OH is 1. The summed E-state index contributed by atoms with van der Waals surface area (Å²) in [4.78, 5) is 12.0. The molecule has 0 bridgehead atoms. The van der Waals surface area contributed by atoms with Gasteiger partial charge in [0.1, 0.15) is 22.8 Å². The van der Waals surface area contributed by atoms with Crippen LogP contribution in [0.4, 0.5) is 5.69 Å². The van der Waals surface area contributed by atoms with Gasteiger partial charge in [-0.3, -0.25) is 4.79 Å². The summed E-state index contributed by atoms with van der Waals surface area (Å²) in [6.45, 7) is 5.04. The molecule has 3 rings (SSSR count). The van der Waals surface area contributed by atoms with Crippen molar-refractivity contribution in [3.8, 4) is 28.4 Å². The number of aliphatic hydroxyl groups is 1.